The highest BCUT2D eigenvalue weighted by Gasteiger charge is 2.59. The Morgan fingerprint density at radius 1 is 1.30 bits per heavy atom. The van der Waals surface area contributed by atoms with Gasteiger partial charge in [0.2, 0.25) is 0 Å². The summed E-state index contributed by atoms with van der Waals surface area (Å²) in [6, 6.07) is 7.52. The minimum atomic E-state index is -0.554. The second-order valence-electron chi connectivity index (χ2n) is 7.61. The molecule has 0 radical (unpaired) electrons. The summed E-state index contributed by atoms with van der Waals surface area (Å²) in [4.78, 5) is 26.3. The Morgan fingerprint density at radius 3 is 2.41 bits per heavy atom. The number of urea groups is 1. The van der Waals surface area contributed by atoms with Crippen LogP contribution >= 0.6 is 30.4 Å². The van der Waals surface area contributed by atoms with E-state index in [9.17, 15) is 9.59 Å². The number of esters is 1. The van der Waals surface area contributed by atoms with Crippen LogP contribution < -0.4 is 16.4 Å². The minimum absolute atomic E-state index is 0.0399. The minimum Gasteiger partial charge on any atom is -0.457 e. The van der Waals surface area contributed by atoms with Crippen molar-refractivity contribution in [3.05, 3.63) is 53.7 Å². The monoisotopic (exact) mass is 650 g/mol. The Morgan fingerprint density at radius 2 is 1.89 bits per heavy atom. The van der Waals surface area contributed by atoms with Crippen LogP contribution in [0.25, 0.3) is 5.57 Å². The maximum atomic E-state index is 12.9. The molecule has 210 valence electrons. The van der Waals surface area contributed by atoms with Crippen LogP contribution in [0.1, 0.15) is 52.2 Å². The van der Waals surface area contributed by atoms with Crippen LogP contribution in [0.15, 0.2) is 42.6 Å². The standard InChI is InChI=1S/C21H27IN4O4S.2C2H6.CH4O/c1-4-9-29-19(27)18-16(10-17-21(23,12-26(17)18)13(2)30-31-22)15-7-5-14(6-8-15)11-25-20(28)24-3;3*1-2/h4-8,13,17H,1,9-12,23H2,2-3H3,(H2,24,25,28);2*1-2H3;2H,1H3. The Labute approximate surface area is 238 Å². The number of ether oxygens (including phenoxy) is 1. The van der Waals surface area contributed by atoms with Crippen molar-refractivity contribution in [2.45, 2.75) is 65.3 Å². The van der Waals surface area contributed by atoms with Crippen molar-refractivity contribution in [3.63, 3.8) is 0 Å². The lowest BCUT2D eigenvalue weighted by atomic mass is 9.76. The number of carbonyl (C=O) groups is 2. The van der Waals surface area contributed by atoms with Crippen molar-refractivity contribution in [2.24, 2.45) is 5.73 Å². The molecule has 2 heterocycles. The topological polar surface area (TPSA) is 126 Å². The number of nitrogens with two attached hydrogens (primary N) is 1. The fourth-order valence-corrected chi connectivity index (χ4v) is 5.25. The van der Waals surface area contributed by atoms with Crippen molar-refractivity contribution in [1.82, 2.24) is 15.5 Å². The number of rotatable bonds is 9. The van der Waals surface area contributed by atoms with E-state index in [1.807, 2.05) is 63.8 Å². The average molecular weight is 651 g/mol. The summed E-state index contributed by atoms with van der Waals surface area (Å²) in [6.45, 7) is 14.7. The van der Waals surface area contributed by atoms with Gasteiger partial charge in [0.1, 0.15) is 12.3 Å². The summed E-state index contributed by atoms with van der Waals surface area (Å²) in [5, 5.41) is 12.3. The summed E-state index contributed by atoms with van der Waals surface area (Å²) in [7, 11) is 3.84. The predicted molar refractivity (Wildman–Crippen MR) is 161 cm³/mol. The van der Waals surface area contributed by atoms with Gasteiger partial charge >= 0.3 is 12.0 Å². The molecule has 0 bridgehead atoms. The maximum absolute atomic E-state index is 12.9. The summed E-state index contributed by atoms with van der Waals surface area (Å²) in [6.07, 6.45) is 2.01. The van der Waals surface area contributed by atoms with Gasteiger partial charge in [0.05, 0.1) is 26.9 Å². The van der Waals surface area contributed by atoms with Gasteiger partial charge in [-0.15, -0.1) is 0 Å². The lowest BCUT2D eigenvalue weighted by molar-refractivity contribution is -0.142. The van der Waals surface area contributed by atoms with Crippen LogP contribution in [0, 0.1) is 0 Å². The van der Waals surface area contributed by atoms with E-state index in [0.29, 0.717) is 25.2 Å². The third-order valence-electron chi connectivity index (χ3n) is 5.86. The van der Waals surface area contributed by atoms with Gasteiger partial charge in [0.15, 0.2) is 0 Å². The first-order chi connectivity index (χ1) is 17.8. The second kappa shape index (κ2) is 18.5. The highest BCUT2D eigenvalue weighted by atomic mass is 127. The molecule has 3 rings (SSSR count). The Bertz CT molecular complexity index is 884. The molecule has 1 aromatic rings. The first-order valence-corrected chi connectivity index (χ1v) is 15.6. The van der Waals surface area contributed by atoms with E-state index in [4.69, 9.17) is 19.8 Å². The third kappa shape index (κ3) is 8.88. The number of carbonyl (C=O) groups excluding carboxylic acids is 2. The fourth-order valence-electron chi connectivity index (χ4n) is 4.02. The molecule has 2 aliphatic rings. The van der Waals surface area contributed by atoms with E-state index >= 15 is 0 Å². The number of hydrogen-bond acceptors (Lipinski definition) is 8. The lowest BCUT2D eigenvalue weighted by Gasteiger charge is -2.56. The number of nitrogens with zero attached hydrogens (tertiary/aromatic N) is 1. The predicted octanol–water partition coefficient (Wildman–Crippen LogP) is 4.41. The average Bonchev–Trinajstić information content (AvgIpc) is 3.27. The number of hydrogen-bond donors (Lipinski definition) is 4. The Balaban J connectivity index is 0.00000201. The molecule has 1 fully saturated rings. The van der Waals surface area contributed by atoms with E-state index in [1.54, 1.807) is 13.1 Å². The number of fused-ring (bicyclic) bond motifs is 1. The first kappa shape index (κ1) is 35.2. The number of amides is 2. The van der Waals surface area contributed by atoms with Gasteiger partial charge in [-0.1, -0.05) is 64.6 Å². The van der Waals surface area contributed by atoms with Gasteiger partial charge in [0, 0.05) is 48.5 Å². The van der Waals surface area contributed by atoms with E-state index in [0.717, 1.165) is 23.8 Å². The van der Waals surface area contributed by atoms with Crippen molar-refractivity contribution in [3.8, 4) is 0 Å². The first-order valence-electron chi connectivity index (χ1n) is 12.4. The summed E-state index contributed by atoms with van der Waals surface area (Å²) in [5.74, 6) is -0.373. The number of aliphatic hydroxyl groups excluding tert-OH is 1. The van der Waals surface area contributed by atoms with Crippen LogP contribution in [0.3, 0.4) is 0 Å². The molecular weight excluding hydrogens is 607 g/mol. The van der Waals surface area contributed by atoms with Crippen LogP contribution in [-0.2, 0) is 20.3 Å². The Kier molecular flexibility index (Phi) is 17.6. The van der Waals surface area contributed by atoms with E-state index in [2.05, 4.69) is 38.4 Å². The molecule has 3 unspecified atom stereocenters. The zero-order valence-electron chi connectivity index (χ0n) is 23.0. The van der Waals surface area contributed by atoms with E-state index in [-0.39, 0.29) is 30.8 Å². The zero-order valence-corrected chi connectivity index (χ0v) is 25.9. The molecule has 0 aromatic heterocycles. The van der Waals surface area contributed by atoms with Gasteiger partial charge in [-0.05, 0) is 30.0 Å². The molecule has 1 saturated heterocycles. The zero-order chi connectivity index (χ0) is 28.6. The van der Waals surface area contributed by atoms with Gasteiger partial charge < -0.3 is 35.3 Å². The molecule has 9 nitrogen and oxygen atoms in total. The molecule has 0 spiro atoms. The van der Waals surface area contributed by atoms with Crippen molar-refractivity contribution in [1.29, 1.82) is 0 Å². The fraction of sp³-hybridized carbons (Fsp3) is 0.538. The van der Waals surface area contributed by atoms with Crippen LogP contribution in [0.5, 0.6) is 0 Å². The third-order valence-corrected chi connectivity index (χ3v) is 6.84. The van der Waals surface area contributed by atoms with Crippen molar-refractivity contribution in [2.75, 3.05) is 27.3 Å². The molecule has 3 atom stereocenters. The number of halogens is 1. The molecule has 37 heavy (non-hydrogen) atoms. The summed E-state index contributed by atoms with van der Waals surface area (Å²) in [5.41, 5.74) is 9.50. The van der Waals surface area contributed by atoms with Gasteiger partial charge in [-0.25, -0.2) is 9.59 Å². The second-order valence-corrected chi connectivity index (χ2v) is 9.00. The van der Waals surface area contributed by atoms with Crippen LogP contribution in [0.2, 0.25) is 0 Å². The number of nitrogens with one attached hydrogen (secondary N) is 2. The van der Waals surface area contributed by atoms with Gasteiger partial charge in [-0.2, -0.15) is 0 Å². The number of benzene rings is 1. The molecule has 2 aliphatic heterocycles. The van der Waals surface area contributed by atoms with Crippen molar-refractivity contribution < 1.29 is 23.6 Å². The molecule has 1 aromatic carbocycles. The molecule has 0 saturated carbocycles. The smallest absolute Gasteiger partial charge is 0.355 e. The van der Waals surface area contributed by atoms with Crippen LogP contribution in [0.4, 0.5) is 4.79 Å². The van der Waals surface area contributed by atoms with Crippen LogP contribution in [-0.4, -0.2) is 67.0 Å². The summed E-state index contributed by atoms with van der Waals surface area (Å²) < 4.78 is 11.1. The number of aliphatic hydroxyl groups is 1. The van der Waals surface area contributed by atoms with E-state index in [1.165, 1.54) is 9.21 Å². The molecule has 5 N–H and O–H groups in total. The molecular formula is C26H43IN4O5S. The van der Waals surface area contributed by atoms with Gasteiger partial charge in [0.25, 0.3) is 0 Å². The van der Waals surface area contributed by atoms with Crippen molar-refractivity contribution >= 4 is 48.0 Å². The SMILES string of the molecule is C=CCOC(=O)C1=C(c2ccc(CNC(=O)NC)cc2)CC2N1CC2(N)C(C)OSI.CC.CC.CO. The molecule has 2 amide bonds. The normalized spacial score (nSPS) is 19.7. The summed E-state index contributed by atoms with van der Waals surface area (Å²) >= 11 is 2.08. The quantitative estimate of drug-likeness (QED) is 0.134. The Hall–Kier alpha value is -1.80. The van der Waals surface area contributed by atoms with Gasteiger partial charge in [-0.3, -0.25) is 0 Å². The highest BCUT2D eigenvalue weighted by Crippen LogP contribution is 2.48. The highest BCUT2D eigenvalue weighted by molar-refractivity contribution is 14.2. The molecule has 0 aliphatic carbocycles. The maximum Gasteiger partial charge on any atom is 0.355 e. The largest absolute Gasteiger partial charge is 0.457 e. The molecule has 11 heteroatoms. The van der Waals surface area contributed by atoms with E-state index < -0.39 is 5.54 Å². The lowest BCUT2D eigenvalue weighted by Crippen LogP contribution is -2.77.